The molecule has 0 aliphatic carbocycles. The lowest BCUT2D eigenvalue weighted by Gasteiger charge is -2.20. The summed E-state index contributed by atoms with van der Waals surface area (Å²) in [6.45, 7) is 8.12. The number of unbranched alkanes of at least 4 members (excludes halogenated alkanes) is 1. The molecule has 0 fully saturated rings. The monoisotopic (exact) mass is 650 g/mol. The molecule has 0 spiro atoms. The van der Waals surface area contributed by atoms with E-state index in [4.69, 9.17) is 34.2 Å². The van der Waals surface area contributed by atoms with Crippen LogP contribution in [0.2, 0.25) is 5.15 Å². The number of nitrogens with zero attached hydrogens (tertiary/aromatic N) is 3. The Bertz CT molecular complexity index is 1430. The molecular formula is C33H47ClN10O2. The van der Waals surface area contributed by atoms with Crippen LogP contribution in [0.15, 0.2) is 48.5 Å². The van der Waals surface area contributed by atoms with Gasteiger partial charge in [0.25, 0.3) is 5.91 Å². The standard InChI is InChI=1S/C33H47ClN10O2/c1-3-44(4-2)21-18-26(35)31(45)39-20-7-9-23-12-16-25(17-13-23)24-14-10-22(11-15-24)8-5-6-19-40-33(38)43-32(46)27-29(36)42-30(37)28(34)41-27/h10-17,26H,3-9,18-21,35H2,1-2H3,(H,39,45)(H4,36,37,42)(H3,38,40,43,46)/t26-/m0/s1. The molecule has 1 heterocycles. The highest BCUT2D eigenvalue weighted by atomic mass is 35.5. The molecule has 13 heteroatoms. The van der Waals surface area contributed by atoms with E-state index >= 15 is 0 Å². The van der Waals surface area contributed by atoms with Crippen molar-refractivity contribution in [3.63, 3.8) is 0 Å². The van der Waals surface area contributed by atoms with E-state index in [2.05, 4.69) is 93.2 Å². The van der Waals surface area contributed by atoms with E-state index in [1.807, 2.05) is 0 Å². The van der Waals surface area contributed by atoms with Gasteiger partial charge in [-0.05, 0) is 73.9 Å². The average Bonchev–Trinajstić information content (AvgIpc) is 3.05. The van der Waals surface area contributed by atoms with Crippen LogP contribution in [0.5, 0.6) is 0 Å². The normalized spacial score (nSPS) is 11.7. The Kier molecular flexibility index (Phi) is 14.7. The minimum absolute atomic E-state index is 0.0673. The molecule has 3 aromatic rings. The van der Waals surface area contributed by atoms with Crippen LogP contribution in [0.4, 0.5) is 11.6 Å². The Morgan fingerprint density at radius 3 is 2.00 bits per heavy atom. The predicted molar refractivity (Wildman–Crippen MR) is 186 cm³/mol. The lowest BCUT2D eigenvalue weighted by Crippen LogP contribution is -2.43. The topological polar surface area (TPSA) is 201 Å². The Hall–Kier alpha value is -4.26. The molecule has 0 aliphatic rings. The van der Waals surface area contributed by atoms with Crippen LogP contribution in [0.1, 0.15) is 61.1 Å². The molecule has 2 amide bonds. The molecule has 12 nitrogen and oxygen atoms in total. The molecule has 3 rings (SSSR count). The van der Waals surface area contributed by atoms with Crippen molar-refractivity contribution in [2.45, 2.75) is 58.4 Å². The van der Waals surface area contributed by atoms with E-state index in [-0.39, 0.29) is 34.3 Å². The van der Waals surface area contributed by atoms with Crippen molar-refractivity contribution >= 4 is 41.0 Å². The first-order valence-electron chi connectivity index (χ1n) is 15.8. The number of anilines is 2. The number of nitrogens with one attached hydrogen (secondary N) is 4. The number of rotatable bonds is 17. The smallest absolute Gasteiger partial charge is 0.280 e. The summed E-state index contributed by atoms with van der Waals surface area (Å²) < 4.78 is 0. The number of nitrogens with two attached hydrogens (primary N) is 3. The van der Waals surface area contributed by atoms with E-state index in [1.54, 1.807) is 0 Å². The first-order chi connectivity index (χ1) is 22.1. The van der Waals surface area contributed by atoms with Gasteiger partial charge in [0.05, 0.1) is 6.04 Å². The quantitative estimate of drug-likeness (QED) is 0.0650. The molecule has 0 unspecified atom stereocenters. The first-order valence-corrected chi connectivity index (χ1v) is 16.1. The third-order valence-electron chi connectivity index (χ3n) is 7.72. The van der Waals surface area contributed by atoms with Gasteiger partial charge in [-0.15, -0.1) is 0 Å². The number of hydrogen-bond donors (Lipinski definition) is 7. The molecule has 10 N–H and O–H groups in total. The van der Waals surface area contributed by atoms with E-state index < -0.39 is 11.9 Å². The molecule has 0 saturated carbocycles. The molecule has 46 heavy (non-hydrogen) atoms. The summed E-state index contributed by atoms with van der Waals surface area (Å²) in [4.78, 5) is 34.5. The minimum atomic E-state index is -0.692. The zero-order valence-electron chi connectivity index (χ0n) is 26.7. The fourth-order valence-corrected chi connectivity index (χ4v) is 4.98. The highest BCUT2D eigenvalue weighted by Crippen LogP contribution is 2.21. The Morgan fingerprint density at radius 1 is 0.848 bits per heavy atom. The van der Waals surface area contributed by atoms with Crippen LogP contribution in [0, 0.1) is 5.41 Å². The first kappa shape index (κ1) is 36.2. The number of guanidine groups is 1. The lowest BCUT2D eigenvalue weighted by atomic mass is 9.99. The lowest BCUT2D eigenvalue weighted by molar-refractivity contribution is -0.122. The molecule has 0 saturated heterocycles. The van der Waals surface area contributed by atoms with Gasteiger partial charge in [0, 0.05) is 19.6 Å². The molecule has 0 radical (unpaired) electrons. The molecular weight excluding hydrogens is 604 g/mol. The summed E-state index contributed by atoms with van der Waals surface area (Å²) in [5.74, 6) is -1.16. The molecule has 1 atom stereocenters. The van der Waals surface area contributed by atoms with Gasteiger partial charge in [-0.25, -0.2) is 9.97 Å². The number of hydrogen-bond acceptors (Lipinski definition) is 9. The summed E-state index contributed by atoms with van der Waals surface area (Å²) in [7, 11) is 0. The van der Waals surface area contributed by atoms with Gasteiger partial charge >= 0.3 is 0 Å². The number of benzene rings is 2. The van der Waals surface area contributed by atoms with Gasteiger partial charge in [0.15, 0.2) is 28.4 Å². The third kappa shape index (κ3) is 11.6. The number of halogens is 1. The van der Waals surface area contributed by atoms with Crippen molar-refractivity contribution in [2.75, 3.05) is 44.2 Å². The minimum Gasteiger partial charge on any atom is -0.382 e. The van der Waals surface area contributed by atoms with Gasteiger partial charge in [0.1, 0.15) is 0 Å². The third-order valence-corrected chi connectivity index (χ3v) is 8.00. The van der Waals surface area contributed by atoms with Crippen molar-refractivity contribution in [1.82, 2.24) is 30.8 Å². The summed E-state index contributed by atoms with van der Waals surface area (Å²) in [5, 5.41) is 16.0. The van der Waals surface area contributed by atoms with Crippen LogP contribution in [-0.2, 0) is 17.6 Å². The summed E-state index contributed by atoms with van der Waals surface area (Å²) in [5.41, 5.74) is 21.9. The number of aromatic nitrogens is 2. The molecule has 248 valence electrons. The van der Waals surface area contributed by atoms with E-state index in [1.165, 1.54) is 11.1 Å². The zero-order chi connectivity index (χ0) is 33.5. The van der Waals surface area contributed by atoms with Crippen LogP contribution in [0.3, 0.4) is 0 Å². The molecule has 0 bridgehead atoms. The second-order valence-electron chi connectivity index (χ2n) is 11.1. The van der Waals surface area contributed by atoms with Gasteiger partial charge < -0.3 is 32.7 Å². The van der Waals surface area contributed by atoms with Gasteiger partial charge in [-0.2, -0.15) is 0 Å². The van der Waals surface area contributed by atoms with Crippen molar-refractivity contribution in [3.05, 3.63) is 70.5 Å². The Morgan fingerprint density at radius 2 is 1.41 bits per heavy atom. The molecule has 1 aromatic heterocycles. The highest BCUT2D eigenvalue weighted by Gasteiger charge is 2.17. The van der Waals surface area contributed by atoms with E-state index in [0.29, 0.717) is 19.5 Å². The predicted octanol–water partition coefficient (Wildman–Crippen LogP) is 3.35. The van der Waals surface area contributed by atoms with Gasteiger partial charge in [-0.1, -0.05) is 74.0 Å². The SMILES string of the molecule is CCN(CC)CC[C@H](N)C(=O)NCCCc1ccc(-c2ccc(CCCCNC(=N)NC(=O)c3nc(Cl)c(N)nc3N)cc2)cc1. The van der Waals surface area contributed by atoms with Crippen LogP contribution < -0.4 is 33.2 Å². The van der Waals surface area contributed by atoms with Crippen LogP contribution in [0.25, 0.3) is 11.1 Å². The zero-order valence-corrected chi connectivity index (χ0v) is 27.5. The maximum absolute atomic E-state index is 12.3. The van der Waals surface area contributed by atoms with Gasteiger partial charge in [-0.3, -0.25) is 20.3 Å². The van der Waals surface area contributed by atoms with Crippen molar-refractivity contribution in [1.29, 1.82) is 5.41 Å². The maximum Gasteiger partial charge on any atom is 0.280 e. The number of aryl methyl sites for hydroxylation is 2. The Balaban J connectivity index is 1.32. The fourth-order valence-electron chi connectivity index (χ4n) is 4.85. The maximum atomic E-state index is 12.3. The number of nitrogen functional groups attached to an aromatic ring is 2. The molecule has 0 aliphatic heterocycles. The second-order valence-corrected chi connectivity index (χ2v) is 11.4. The number of carbonyl (C=O) groups is 2. The Labute approximate surface area is 276 Å². The van der Waals surface area contributed by atoms with Crippen LogP contribution in [-0.4, -0.2) is 71.4 Å². The summed E-state index contributed by atoms with van der Waals surface area (Å²) in [6, 6.07) is 16.6. The largest absolute Gasteiger partial charge is 0.382 e. The van der Waals surface area contributed by atoms with E-state index in [0.717, 1.165) is 62.9 Å². The van der Waals surface area contributed by atoms with Gasteiger partial charge in [0.2, 0.25) is 5.91 Å². The fraction of sp³-hybridized carbons (Fsp3) is 0.424. The van der Waals surface area contributed by atoms with Crippen molar-refractivity contribution < 1.29 is 9.59 Å². The molecule has 2 aromatic carbocycles. The second kappa shape index (κ2) is 18.6. The van der Waals surface area contributed by atoms with E-state index in [9.17, 15) is 9.59 Å². The highest BCUT2D eigenvalue weighted by molar-refractivity contribution is 6.31. The van der Waals surface area contributed by atoms with Crippen molar-refractivity contribution in [3.8, 4) is 11.1 Å². The average molecular weight is 651 g/mol. The van der Waals surface area contributed by atoms with Crippen molar-refractivity contribution in [2.24, 2.45) is 5.73 Å². The number of amides is 2. The summed E-state index contributed by atoms with van der Waals surface area (Å²) in [6.07, 6.45) is 5.03. The number of carbonyl (C=O) groups excluding carboxylic acids is 2. The van der Waals surface area contributed by atoms with Crippen LogP contribution >= 0.6 is 11.6 Å². The summed E-state index contributed by atoms with van der Waals surface area (Å²) >= 11 is 5.82.